The number of hydrogen-bond donors (Lipinski definition) is 1. The molecule has 6 nitrogen and oxygen atoms in total. The Morgan fingerprint density at radius 3 is 2.62 bits per heavy atom. The van der Waals surface area contributed by atoms with Gasteiger partial charge in [0.15, 0.2) is 0 Å². The lowest BCUT2D eigenvalue weighted by Crippen LogP contribution is -2.30. The van der Waals surface area contributed by atoms with Crippen molar-refractivity contribution >= 4 is 11.7 Å². The second-order valence-electron chi connectivity index (χ2n) is 5.58. The number of allylic oxidation sites excluding steroid dienone is 1. The van der Waals surface area contributed by atoms with Gasteiger partial charge in [0.25, 0.3) is 0 Å². The van der Waals surface area contributed by atoms with Crippen LogP contribution in [0.15, 0.2) is 47.0 Å². The van der Waals surface area contributed by atoms with Crippen LogP contribution in [0.4, 0.5) is 13.2 Å². The predicted octanol–water partition coefficient (Wildman–Crippen LogP) is 2.96. The molecule has 0 spiro atoms. The average Bonchev–Trinajstić information content (AvgIpc) is 2.56. The van der Waals surface area contributed by atoms with Gasteiger partial charge in [-0.3, -0.25) is 0 Å². The molecule has 0 saturated heterocycles. The van der Waals surface area contributed by atoms with Gasteiger partial charge in [-0.1, -0.05) is 12.6 Å². The standard InChI is InChI=1S/C17H18F3N3O3/c1-9-12(15(21)23(3)10(2)22-9)7-11-5-6-14(26-17(18,19)20)13(8-11)16(24)25-4/h5-6,8H,2,7,21H2,1,3-4H3. The van der Waals surface area contributed by atoms with Gasteiger partial charge in [0.1, 0.15) is 23.0 Å². The Bertz CT molecular complexity index is 813. The number of halogens is 3. The largest absolute Gasteiger partial charge is 0.573 e. The van der Waals surface area contributed by atoms with Crippen molar-refractivity contribution in [1.29, 1.82) is 0 Å². The van der Waals surface area contributed by atoms with Crippen LogP contribution >= 0.6 is 0 Å². The number of methoxy groups -OCH3 is 1. The molecule has 1 aliphatic rings. The van der Waals surface area contributed by atoms with Crippen molar-refractivity contribution in [2.75, 3.05) is 14.2 Å². The topological polar surface area (TPSA) is 77.1 Å². The van der Waals surface area contributed by atoms with Crippen molar-refractivity contribution in [2.45, 2.75) is 19.7 Å². The van der Waals surface area contributed by atoms with E-state index in [-0.39, 0.29) is 12.0 Å². The van der Waals surface area contributed by atoms with E-state index in [2.05, 4.69) is 21.0 Å². The van der Waals surface area contributed by atoms with Crippen LogP contribution in [0, 0.1) is 0 Å². The summed E-state index contributed by atoms with van der Waals surface area (Å²) in [6.45, 7) is 5.52. The summed E-state index contributed by atoms with van der Waals surface area (Å²) in [5.74, 6) is -0.659. The van der Waals surface area contributed by atoms with E-state index in [9.17, 15) is 18.0 Å². The lowest BCUT2D eigenvalue weighted by Gasteiger charge is -2.27. The summed E-state index contributed by atoms with van der Waals surface area (Å²) < 4.78 is 46.0. The van der Waals surface area contributed by atoms with Crippen molar-refractivity contribution in [3.8, 4) is 5.75 Å². The average molecular weight is 369 g/mol. The van der Waals surface area contributed by atoms with E-state index >= 15 is 0 Å². The van der Waals surface area contributed by atoms with Gasteiger partial charge in [0, 0.05) is 24.8 Å². The van der Waals surface area contributed by atoms with Gasteiger partial charge in [-0.05, 0) is 24.6 Å². The molecule has 0 saturated carbocycles. The quantitative estimate of drug-likeness (QED) is 0.826. The summed E-state index contributed by atoms with van der Waals surface area (Å²) in [5.41, 5.74) is 7.63. The summed E-state index contributed by atoms with van der Waals surface area (Å²) in [5, 5.41) is 0. The van der Waals surface area contributed by atoms with Gasteiger partial charge in [-0.25, -0.2) is 9.79 Å². The number of carbonyl (C=O) groups excluding carboxylic acids is 1. The Morgan fingerprint density at radius 1 is 1.38 bits per heavy atom. The van der Waals surface area contributed by atoms with Crippen LogP contribution in [0.25, 0.3) is 0 Å². The lowest BCUT2D eigenvalue weighted by atomic mass is 9.98. The van der Waals surface area contributed by atoms with Gasteiger partial charge in [0.2, 0.25) is 0 Å². The Morgan fingerprint density at radius 2 is 2.04 bits per heavy atom. The molecule has 9 heteroatoms. The van der Waals surface area contributed by atoms with Gasteiger partial charge in [-0.2, -0.15) is 0 Å². The van der Waals surface area contributed by atoms with Crippen molar-refractivity contribution in [2.24, 2.45) is 10.7 Å². The number of rotatable bonds is 4. The van der Waals surface area contributed by atoms with Gasteiger partial charge < -0.3 is 20.1 Å². The third kappa shape index (κ3) is 4.16. The molecule has 0 aliphatic carbocycles. The predicted molar refractivity (Wildman–Crippen MR) is 89.4 cm³/mol. The van der Waals surface area contributed by atoms with Crippen LogP contribution in [0.2, 0.25) is 0 Å². The molecule has 0 radical (unpaired) electrons. The fourth-order valence-corrected chi connectivity index (χ4v) is 2.46. The first-order valence-corrected chi connectivity index (χ1v) is 7.47. The molecule has 1 heterocycles. The smallest absolute Gasteiger partial charge is 0.465 e. The molecule has 0 fully saturated rings. The Balaban J connectivity index is 2.41. The van der Waals surface area contributed by atoms with Crippen LogP contribution < -0.4 is 10.5 Å². The highest BCUT2D eigenvalue weighted by molar-refractivity contribution is 6.00. The highest BCUT2D eigenvalue weighted by atomic mass is 19.4. The Labute approximate surface area is 148 Å². The molecule has 0 amide bonds. The molecule has 1 aliphatic heterocycles. The van der Waals surface area contributed by atoms with Crippen LogP contribution in [0.1, 0.15) is 22.8 Å². The molecule has 0 bridgehead atoms. The molecule has 1 aromatic carbocycles. The summed E-state index contributed by atoms with van der Waals surface area (Å²) in [6, 6.07) is 3.78. The first kappa shape index (κ1) is 19.4. The highest BCUT2D eigenvalue weighted by Crippen LogP contribution is 2.29. The van der Waals surface area contributed by atoms with E-state index in [1.807, 2.05) is 0 Å². The van der Waals surface area contributed by atoms with Crippen molar-refractivity contribution in [1.82, 2.24) is 4.90 Å². The molecule has 2 N–H and O–H groups in total. The van der Waals surface area contributed by atoms with Crippen LogP contribution in [-0.2, 0) is 11.2 Å². The van der Waals surface area contributed by atoms with Crippen LogP contribution in [0.3, 0.4) is 0 Å². The summed E-state index contributed by atoms with van der Waals surface area (Å²) in [4.78, 5) is 17.7. The van der Waals surface area contributed by atoms with E-state index in [1.54, 1.807) is 18.9 Å². The lowest BCUT2D eigenvalue weighted by molar-refractivity contribution is -0.274. The van der Waals surface area contributed by atoms with E-state index in [0.717, 1.165) is 13.2 Å². The number of alkyl halides is 3. The number of carbonyl (C=O) groups is 1. The first-order chi connectivity index (χ1) is 12.0. The third-order valence-corrected chi connectivity index (χ3v) is 3.85. The second-order valence-corrected chi connectivity index (χ2v) is 5.58. The number of ether oxygens (including phenoxy) is 2. The zero-order chi connectivity index (χ0) is 19.6. The minimum absolute atomic E-state index is 0.259. The maximum absolute atomic E-state index is 12.5. The van der Waals surface area contributed by atoms with E-state index in [0.29, 0.717) is 28.5 Å². The Hall–Kier alpha value is -2.97. The zero-order valence-electron chi connectivity index (χ0n) is 14.5. The molecule has 0 atom stereocenters. The molecule has 1 aromatic rings. The number of benzene rings is 1. The summed E-state index contributed by atoms with van der Waals surface area (Å²) >= 11 is 0. The SMILES string of the molecule is C=C1N=C(C)C(Cc2ccc(OC(F)(F)F)c(C(=O)OC)c2)=C(N)N1C. The third-order valence-electron chi connectivity index (χ3n) is 3.85. The van der Waals surface area contributed by atoms with Crippen molar-refractivity contribution in [3.63, 3.8) is 0 Å². The number of nitrogens with two attached hydrogens (primary N) is 1. The van der Waals surface area contributed by atoms with Gasteiger partial charge in [0.05, 0.1) is 7.11 Å². The minimum atomic E-state index is -4.92. The van der Waals surface area contributed by atoms with Crippen LogP contribution in [0.5, 0.6) is 5.75 Å². The fourth-order valence-electron chi connectivity index (χ4n) is 2.46. The van der Waals surface area contributed by atoms with E-state index in [4.69, 9.17) is 5.73 Å². The normalized spacial score (nSPS) is 15.1. The molecule has 0 unspecified atom stereocenters. The first-order valence-electron chi connectivity index (χ1n) is 7.47. The molecule has 140 valence electrons. The zero-order valence-corrected chi connectivity index (χ0v) is 14.5. The molecule has 26 heavy (non-hydrogen) atoms. The van der Waals surface area contributed by atoms with Gasteiger partial charge in [-0.15, -0.1) is 13.2 Å². The molecule has 2 rings (SSSR count). The highest BCUT2D eigenvalue weighted by Gasteiger charge is 2.33. The van der Waals surface area contributed by atoms with E-state index in [1.165, 1.54) is 12.1 Å². The summed E-state index contributed by atoms with van der Waals surface area (Å²) in [6.07, 6.45) is -4.66. The maximum Gasteiger partial charge on any atom is 0.573 e. The number of hydrogen-bond acceptors (Lipinski definition) is 6. The number of nitrogens with zero attached hydrogens (tertiary/aromatic N) is 2. The molecular formula is C17H18F3N3O3. The molecule has 0 aromatic heterocycles. The minimum Gasteiger partial charge on any atom is -0.465 e. The van der Waals surface area contributed by atoms with Gasteiger partial charge >= 0.3 is 12.3 Å². The van der Waals surface area contributed by atoms with E-state index < -0.39 is 18.1 Å². The number of aliphatic imine (C=N–C) groups is 1. The Kier molecular flexibility index (Phi) is 5.29. The fraction of sp³-hybridized carbons (Fsp3) is 0.294. The number of esters is 1. The van der Waals surface area contributed by atoms with Crippen molar-refractivity contribution < 1.29 is 27.4 Å². The summed E-state index contributed by atoms with van der Waals surface area (Å²) in [7, 11) is 2.78. The van der Waals surface area contributed by atoms with Crippen molar-refractivity contribution in [3.05, 3.63) is 53.1 Å². The molecular weight excluding hydrogens is 351 g/mol. The second kappa shape index (κ2) is 7.11. The monoisotopic (exact) mass is 369 g/mol. The van der Waals surface area contributed by atoms with Crippen LogP contribution in [-0.4, -0.2) is 37.1 Å². The maximum atomic E-state index is 12.5.